The number of carbonyl (C=O) groups excluding carboxylic acids is 1. The van der Waals surface area contributed by atoms with Crippen molar-refractivity contribution in [3.63, 3.8) is 0 Å². The lowest BCUT2D eigenvalue weighted by atomic mass is 9.97. The van der Waals surface area contributed by atoms with Gasteiger partial charge in [0.2, 0.25) is 0 Å². The molecule has 2 aromatic rings. The topological polar surface area (TPSA) is 61.4 Å². The molecule has 0 saturated heterocycles. The summed E-state index contributed by atoms with van der Waals surface area (Å²) in [7, 11) is 0. The van der Waals surface area contributed by atoms with Gasteiger partial charge in [-0.25, -0.2) is 4.79 Å². The summed E-state index contributed by atoms with van der Waals surface area (Å²) in [6.07, 6.45) is 2.12. The van der Waals surface area contributed by atoms with E-state index in [1.807, 2.05) is 48.7 Å². The Hall–Kier alpha value is -1.85. The van der Waals surface area contributed by atoms with Gasteiger partial charge in [0, 0.05) is 10.4 Å². The molecule has 1 unspecified atom stereocenters. The molecule has 116 valence electrons. The predicted molar refractivity (Wildman–Crippen MR) is 90.1 cm³/mol. The fraction of sp³-hybridized carbons (Fsp3) is 0.353. The third-order valence-electron chi connectivity index (χ3n) is 4.17. The lowest BCUT2D eigenvalue weighted by Gasteiger charge is -2.29. The van der Waals surface area contributed by atoms with Crippen molar-refractivity contribution < 1.29 is 9.90 Å². The number of thiophene rings is 1. The molecule has 0 aliphatic heterocycles. The SMILES string of the molecule is CC(CO)(NC(=O)Nc1ccccc1-c1cccs1)C1CC1. The molecule has 5 heteroatoms. The van der Waals surface area contributed by atoms with E-state index in [0.29, 0.717) is 5.92 Å². The van der Waals surface area contributed by atoms with Gasteiger partial charge in [-0.15, -0.1) is 11.3 Å². The van der Waals surface area contributed by atoms with Crippen molar-refractivity contribution in [3.05, 3.63) is 41.8 Å². The first kappa shape index (κ1) is 15.1. The van der Waals surface area contributed by atoms with Crippen LogP contribution in [0.3, 0.4) is 0 Å². The maximum absolute atomic E-state index is 12.3. The number of para-hydroxylation sites is 1. The van der Waals surface area contributed by atoms with Crippen LogP contribution in [0.4, 0.5) is 10.5 Å². The molecule has 0 bridgehead atoms. The van der Waals surface area contributed by atoms with Gasteiger partial charge < -0.3 is 15.7 Å². The summed E-state index contributed by atoms with van der Waals surface area (Å²) in [6, 6.07) is 11.5. The van der Waals surface area contributed by atoms with Crippen LogP contribution in [-0.4, -0.2) is 23.3 Å². The summed E-state index contributed by atoms with van der Waals surface area (Å²) in [5, 5.41) is 17.4. The van der Waals surface area contributed by atoms with Gasteiger partial charge in [0.15, 0.2) is 0 Å². The molecule has 4 nitrogen and oxygen atoms in total. The van der Waals surface area contributed by atoms with Crippen LogP contribution in [0.2, 0.25) is 0 Å². The molecule has 22 heavy (non-hydrogen) atoms. The fourth-order valence-corrected chi connectivity index (χ4v) is 3.41. The molecule has 2 amide bonds. The Labute approximate surface area is 134 Å². The van der Waals surface area contributed by atoms with Crippen molar-refractivity contribution in [1.82, 2.24) is 5.32 Å². The number of anilines is 1. The Morgan fingerprint density at radius 3 is 2.73 bits per heavy atom. The number of rotatable bonds is 5. The second-order valence-electron chi connectivity index (χ2n) is 5.95. The average Bonchev–Trinajstić information content (AvgIpc) is 3.24. The van der Waals surface area contributed by atoms with Crippen LogP contribution < -0.4 is 10.6 Å². The predicted octanol–water partition coefficient (Wildman–Crippen LogP) is 3.70. The molecule has 1 fully saturated rings. The number of hydrogen-bond acceptors (Lipinski definition) is 3. The van der Waals surface area contributed by atoms with E-state index in [2.05, 4.69) is 10.6 Å². The van der Waals surface area contributed by atoms with E-state index in [1.165, 1.54) is 0 Å². The summed E-state index contributed by atoms with van der Waals surface area (Å²) < 4.78 is 0. The number of carbonyl (C=O) groups is 1. The second-order valence-corrected chi connectivity index (χ2v) is 6.90. The zero-order valence-corrected chi connectivity index (χ0v) is 13.3. The molecule has 0 spiro atoms. The van der Waals surface area contributed by atoms with Crippen molar-refractivity contribution in [1.29, 1.82) is 0 Å². The first-order valence-electron chi connectivity index (χ1n) is 7.45. The van der Waals surface area contributed by atoms with Crippen molar-refractivity contribution in [2.45, 2.75) is 25.3 Å². The van der Waals surface area contributed by atoms with Crippen LogP contribution >= 0.6 is 11.3 Å². The number of nitrogens with one attached hydrogen (secondary N) is 2. The highest BCUT2D eigenvalue weighted by Crippen LogP contribution is 2.39. The quantitative estimate of drug-likeness (QED) is 0.787. The van der Waals surface area contributed by atoms with Crippen molar-refractivity contribution in [2.24, 2.45) is 5.92 Å². The molecule has 1 heterocycles. The number of aliphatic hydroxyl groups excluding tert-OH is 1. The van der Waals surface area contributed by atoms with Crippen LogP contribution in [-0.2, 0) is 0 Å². The monoisotopic (exact) mass is 316 g/mol. The highest BCUT2D eigenvalue weighted by molar-refractivity contribution is 7.13. The van der Waals surface area contributed by atoms with Crippen molar-refractivity contribution in [2.75, 3.05) is 11.9 Å². The zero-order valence-electron chi connectivity index (χ0n) is 12.5. The fourth-order valence-electron chi connectivity index (χ4n) is 2.64. The highest BCUT2D eigenvalue weighted by atomic mass is 32.1. The Kier molecular flexibility index (Phi) is 4.18. The van der Waals surface area contributed by atoms with Crippen LogP contribution in [0.5, 0.6) is 0 Å². The van der Waals surface area contributed by atoms with Gasteiger partial charge in [0.05, 0.1) is 17.8 Å². The zero-order chi connectivity index (χ0) is 15.6. The molecule has 3 N–H and O–H groups in total. The van der Waals surface area contributed by atoms with Gasteiger partial charge in [0.25, 0.3) is 0 Å². The number of amides is 2. The maximum atomic E-state index is 12.3. The van der Waals surface area contributed by atoms with Gasteiger partial charge in [0.1, 0.15) is 0 Å². The van der Waals surface area contributed by atoms with E-state index in [1.54, 1.807) is 11.3 Å². The van der Waals surface area contributed by atoms with E-state index < -0.39 is 5.54 Å². The Bertz CT molecular complexity index is 652. The Morgan fingerprint density at radius 1 is 1.32 bits per heavy atom. The highest BCUT2D eigenvalue weighted by Gasteiger charge is 2.42. The Balaban J connectivity index is 1.75. The number of hydrogen-bond donors (Lipinski definition) is 3. The molecule has 1 aliphatic carbocycles. The molecular weight excluding hydrogens is 296 g/mol. The summed E-state index contributed by atoms with van der Waals surface area (Å²) >= 11 is 1.64. The van der Waals surface area contributed by atoms with E-state index >= 15 is 0 Å². The lowest BCUT2D eigenvalue weighted by Crippen LogP contribution is -2.52. The minimum absolute atomic E-state index is 0.0440. The minimum Gasteiger partial charge on any atom is -0.394 e. The first-order chi connectivity index (χ1) is 10.6. The third kappa shape index (κ3) is 3.15. The molecule has 3 rings (SSSR count). The summed E-state index contributed by atoms with van der Waals surface area (Å²) in [5.74, 6) is 0.371. The van der Waals surface area contributed by atoms with E-state index in [-0.39, 0.29) is 12.6 Å². The maximum Gasteiger partial charge on any atom is 0.319 e. The first-order valence-corrected chi connectivity index (χ1v) is 8.33. The smallest absolute Gasteiger partial charge is 0.319 e. The van der Waals surface area contributed by atoms with E-state index in [4.69, 9.17) is 0 Å². The van der Waals surface area contributed by atoms with Crippen LogP contribution in [0.15, 0.2) is 41.8 Å². The second kappa shape index (κ2) is 6.10. The van der Waals surface area contributed by atoms with Gasteiger partial charge in [-0.05, 0) is 43.2 Å². The number of benzene rings is 1. The van der Waals surface area contributed by atoms with Crippen molar-refractivity contribution >= 4 is 23.1 Å². The summed E-state index contributed by atoms with van der Waals surface area (Å²) in [6.45, 7) is 1.85. The number of aliphatic hydroxyl groups is 1. The largest absolute Gasteiger partial charge is 0.394 e. The average molecular weight is 316 g/mol. The van der Waals surface area contributed by atoms with E-state index in [0.717, 1.165) is 29.0 Å². The molecule has 1 aliphatic rings. The van der Waals surface area contributed by atoms with Gasteiger partial charge in [-0.1, -0.05) is 24.3 Å². The molecule has 1 saturated carbocycles. The molecule has 1 aromatic carbocycles. The third-order valence-corrected chi connectivity index (χ3v) is 5.07. The molecular formula is C17H20N2O2S. The minimum atomic E-state index is -0.540. The van der Waals surface area contributed by atoms with Crippen LogP contribution in [0, 0.1) is 5.92 Å². The standard InChI is InChI=1S/C17H20N2O2S/c1-17(11-20,12-8-9-12)19-16(21)18-14-6-3-2-5-13(14)15-7-4-10-22-15/h2-7,10,12,20H,8-9,11H2,1H3,(H2,18,19,21). The summed E-state index contributed by atoms with van der Waals surface area (Å²) in [5.41, 5.74) is 1.24. The normalized spacial score (nSPS) is 16.8. The lowest BCUT2D eigenvalue weighted by molar-refractivity contribution is 0.159. The van der Waals surface area contributed by atoms with Gasteiger partial charge >= 0.3 is 6.03 Å². The van der Waals surface area contributed by atoms with Crippen LogP contribution in [0.25, 0.3) is 10.4 Å². The van der Waals surface area contributed by atoms with E-state index in [9.17, 15) is 9.90 Å². The summed E-state index contributed by atoms with van der Waals surface area (Å²) in [4.78, 5) is 13.4. The molecule has 1 atom stereocenters. The number of urea groups is 1. The van der Waals surface area contributed by atoms with Crippen molar-refractivity contribution in [3.8, 4) is 10.4 Å². The van der Waals surface area contributed by atoms with Crippen LogP contribution in [0.1, 0.15) is 19.8 Å². The van der Waals surface area contributed by atoms with Gasteiger partial charge in [-0.3, -0.25) is 0 Å². The molecule has 1 aromatic heterocycles. The Morgan fingerprint density at radius 2 is 2.09 bits per heavy atom. The molecule has 0 radical (unpaired) electrons. The van der Waals surface area contributed by atoms with Gasteiger partial charge in [-0.2, -0.15) is 0 Å².